The Morgan fingerprint density at radius 2 is 2.05 bits per heavy atom. The summed E-state index contributed by atoms with van der Waals surface area (Å²) in [5.74, 6) is 0.314. The monoisotopic (exact) mass is 278 g/mol. The van der Waals surface area contributed by atoms with Crippen molar-refractivity contribution in [2.24, 2.45) is 5.92 Å². The summed E-state index contributed by atoms with van der Waals surface area (Å²) in [6.07, 6.45) is 4.65. The van der Waals surface area contributed by atoms with E-state index in [0.717, 1.165) is 12.8 Å². The fourth-order valence-corrected chi connectivity index (χ4v) is 2.66. The van der Waals surface area contributed by atoms with Crippen LogP contribution in [0.2, 0.25) is 0 Å². The van der Waals surface area contributed by atoms with Gasteiger partial charge >= 0.3 is 0 Å². The maximum atomic E-state index is 11.9. The van der Waals surface area contributed by atoms with Crippen molar-refractivity contribution in [3.63, 3.8) is 0 Å². The standard InChI is InChI=1S/C14H22N4O2/c1-18(2)11-5-3-10(4-6-11)9-15-14(20)12-7-8-13(19)17-16-12/h7-8,10-11H,3-6,9H2,1-2H3,(H,15,20)(H,17,19). The molecule has 0 unspecified atom stereocenters. The van der Waals surface area contributed by atoms with Gasteiger partial charge in [0.1, 0.15) is 5.69 Å². The molecular formula is C14H22N4O2. The van der Waals surface area contributed by atoms with Gasteiger partial charge < -0.3 is 10.2 Å². The maximum absolute atomic E-state index is 11.9. The van der Waals surface area contributed by atoms with Crippen molar-refractivity contribution in [2.75, 3.05) is 20.6 Å². The van der Waals surface area contributed by atoms with Crippen LogP contribution in [-0.2, 0) is 0 Å². The molecule has 1 aromatic rings. The molecule has 110 valence electrons. The first-order chi connectivity index (χ1) is 9.56. The lowest BCUT2D eigenvalue weighted by atomic mass is 9.85. The minimum atomic E-state index is -0.302. The molecule has 0 atom stereocenters. The van der Waals surface area contributed by atoms with Gasteiger partial charge in [-0.05, 0) is 51.8 Å². The summed E-state index contributed by atoms with van der Waals surface area (Å²) in [6.45, 7) is 0.680. The van der Waals surface area contributed by atoms with Crippen molar-refractivity contribution in [3.05, 3.63) is 28.2 Å². The van der Waals surface area contributed by atoms with Crippen molar-refractivity contribution in [3.8, 4) is 0 Å². The van der Waals surface area contributed by atoms with Gasteiger partial charge in [-0.2, -0.15) is 5.10 Å². The predicted molar refractivity (Wildman–Crippen MR) is 76.6 cm³/mol. The minimum absolute atomic E-state index is 0.226. The number of nitrogens with one attached hydrogen (secondary N) is 2. The van der Waals surface area contributed by atoms with Crippen LogP contribution in [0.3, 0.4) is 0 Å². The Morgan fingerprint density at radius 1 is 1.35 bits per heavy atom. The summed E-state index contributed by atoms with van der Waals surface area (Å²) in [6, 6.07) is 3.42. The van der Waals surface area contributed by atoms with Crippen LogP contribution in [0.15, 0.2) is 16.9 Å². The Bertz CT molecular complexity index is 484. The van der Waals surface area contributed by atoms with Crippen LogP contribution in [0.5, 0.6) is 0 Å². The molecular weight excluding hydrogens is 256 g/mol. The van der Waals surface area contributed by atoms with Crippen LogP contribution in [0.4, 0.5) is 0 Å². The summed E-state index contributed by atoms with van der Waals surface area (Å²) in [4.78, 5) is 25.0. The van der Waals surface area contributed by atoms with Crippen LogP contribution in [0.1, 0.15) is 36.2 Å². The van der Waals surface area contributed by atoms with E-state index in [1.165, 1.54) is 25.0 Å². The van der Waals surface area contributed by atoms with Crippen LogP contribution >= 0.6 is 0 Å². The summed E-state index contributed by atoms with van der Waals surface area (Å²) < 4.78 is 0. The van der Waals surface area contributed by atoms with E-state index in [1.807, 2.05) is 0 Å². The van der Waals surface area contributed by atoms with E-state index in [0.29, 0.717) is 18.5 Å². The second-order valence-electron chi connectivity index (χ2n) is 5.65. The average Bonchev–Trinajstić information content (AvgIpc) is 2.46. The summed E-state index contributed by atoms with van der Waals surface area (Å²) in [5.41, 5.74) is -0.0462. The first-order valence-electron chi connectivity index (χ1n) is 7.06. The smallest absolute Gasteiger partial charge is 0.271 e. The second-order valence-corrected chi connectivity index (χ2v) is 5.65. The Balaban J connectivity index is 1.77. The predicted octanol–water partition coefficient (Wildman–Crippen LogP) is 0.620. The Kier molecular flexibility index (Phi) is 4.89. The van der Waals surface area contributed by atoms with E-state index in [4.69, 9.17) is 0 Å². The number of hydrogen-bond donors (Lipinski definition) is 2. The zero-order valence-corrected chi connectivity index (χ0v) is 12.1. The number of aromatic nitrogens is 2. The third-order valence-electron chi connectivity index (χ3n) is 4.01. The van der Waals surface area contributed by atoms with Crippen LogP contribution in [0.25, 0.3) is 0 Å². The Morgan fingerprint density at radius 3 is 2.60 bits per heavy atom. The van der Waals surface area contributed by atoms with E-state index in [-0.39, 0.29) is 17.2 Å². The van der Waals surface area contributed by atoms with Crippen LogP contribution in [-0.4, -0.2) is 47.7 Å². The van der Waals surface area contributed by atoms with E-state index in [1.54, 1.807) is 0 Å². The zero-order valence-electron chi connectivity index (χ0n) is 12.1. The van der Waals surface area contributed by atoms with E-state index < -0.39 is 0 Å². The van der Waals surface area contributed by atoms with Gasteiger partial charge in [-0.15, -0.1) is 0 Å². The van der Waals surface area contributed by atoms with Gasteiger partial charge in [-0.1, -0.05) is 0 Å². The van der Waals surface area contributed by atoms with E-state index in [2.05, 4.69) is 34.5 Å². The van der Waals surface area contributed by atoms with Crippen molar-refractivity contribution < 1.29 is 4.79 Å². The number of carbonyl (C=O) groups excluding carboxylic acids is 1. The lowest BCUT2D eigenvalue weighted by Gasteiger charge is -2.32. The van der Waals surface area contributed by atoms with Crippen LogP contribution in [0, 0.1) is 5.92 Å². The molecule has 1 saturated carbocycles. The first-order valence-corrected chi connectivity index (χ1v) is 7.06. The highest BCUT2D eigenvalue weighted by Crippen LogP contribution is 2.25. The Hall–Kier alpha value is -1.69. The normalized spacial score (nSPS) is 22.8. The molecule has 2 rings (SSSR count). The second kappa shape index (κ2) is 6.65. The molecule has 20 heavy (non-hydrogen) atoms. The third-order valence-corrected chi connectivity index (χ3v) is 4.01. The molecule has 0 radical (unpaired) electrons. The molecule has 0 spiro atoms. The van der Waals surface area contributed by atoms with Gasteiger partial charge in [0, 0.05) is 18.7 Å². The zero-order chi connectivity index (χ0) is 14.5. The van der Waals surface area contributed by atoms with Gasteiger partial charge in [0.25, 0.3) is 11.5 Å². The third kappa shape index (κ3) is 3.90. The molecule has 6 heteroatoms. The molecule has 1 amide bonds. The lowest BCUT2D eigenvalue weighted by Crippen LogP contribution is -2.36. The molecule has 1 heterocycles. The number of hydrogen-bond acceptors (Lipinski definition) is 4. The summed E-state index contributed by atoms with van der Waals surface area (Å²) >= 11 is 0. The van der Waals surface area contributed by atoms with Gasteiger partial charge in [0.2, 0.25) is 0 Å². The minimum Gasteiger partial charge on any atom is -0.350 e. The van der Waals surface area contributed by atoms with Crippen LogP contribution < -0.4 is 10.9 Å². The van der Waals surface area contributed by atoms with Gasteiger partial charge in [0.15, 0.2) is 0 Å². The number of rotatable bonds is 4. The number of amides is 1. The molecule has 1 fully saturated rings. The SMILES string of the molecule is CN(C)C1CCC(CNC(=O)c2ccc(=O)[nH]n2)CC1. The van der Waals surface area contributed by atoms with Crippen molar-refractivity contribution >= 4 is 5.91 Å². The topological polar surface area (TPSA) is 78.1 Å². The molecule has 0 bridgehead atoms. The highest BCUT2D eigenvalue weighted by Gasteiger charge is 2.22. The molecule has 0 saturated heterocycles. The highest BCUT2D eigenvalue weighted by atomic mass is 16.2. The molecule has 6 nitrogen and oxygen atoms in total. The van der Waals surface area contributed by atoms with Crippen molar-refractivity contribution in [2.45, 2.75) is 31.7 Å². The largest absolute Gasteiger partial charge is 0.350 e. The number of aromatic amines is 1. The van der Waals surface area contributed by atoms with Crippen molar-refractivity contribution in [1.82, 2.24) is 20.4 Å². The molecule has 2 N–H and O–H groups in total. The molecule has 0 aromatic carbocycles. The molecule has 0 aliphatic heterocycles. The summed E-state index contributed by atoms with van der Waals surface area (Å²) in [7, 11) is 4.24. The quantitative estimate of drug-likeness (QED) is 0.846. The fourth-order valence-electron chi connectivity index (χ4n) is 2.66. The van der Waals surface area contributed by atoms with Gasteiger partial charge in [0.05, 0.1) is 0 Å². The average molecular weight is 278 g/mol. The highest BCUT2D eigenvalue weighted by molar-refractivity contribution is 5.91. The van der Waals surface area contributed by atoms with Crippen molar-refractivity contribution in [1.29, 1.82) is 0 Å². The first kappa shape index (κ1) is 14.7. The number of H-pyrrole nitrogens is 1. The van der Waals surface area contributed by atoms with Gasteiger partial charge in [-0.3, -0.25) is 9.59 Å². The van der Waals surface area contributed by atoms with E-state index in [9.17, 15) is 9.59 Å². The molecule has 1 aliphatic carbocycles. The summed E-state index contributed by atoms with van der Waals surface area (Å²) in [5, 5.41) is 8.88. The fraction of sp³-hybridized carbons (Fsp3) is 0.643. The molecule has 1 aliphatic rings. The molecule has 1 aromatic heterocycles. The lowest BCUT2D eigenvalue weighted by molar-refractivity contribution is 0.0932. The van der Waals surface area contributed by atoms with E-state index >= 15 is 0 Å². The Labute approximate surface area is 118 Å². The van der Waals surface area contributed by atoms with Gasteiger partial charge in [-0.25, -0.2) is 5.10 Å². The number of carbonyl (C=O) groups is 1. The maximum Gasteiger partial charge on any atom is 0.271 e. The number of nitrogens with zero attached hydrogens (tertiary/aromatic N) is 2.